The van der Waals surface area contributed by atoms with Crippen molar-refractivity contribution in [1.82, 2.24) is 4.98 Å². The summed E-state index contributed by atoms with van der Waals surface area (Å²) < 4.78 is 11.7. The minimum absolute atomic E-state index is 0.334. The summed E-state index contributed by atoms with van der Waals surface area (Å²) in [4.78, 5) is 6.83. The molecule has 5 heteroatoms. The van der Waals surface area contributed by atoms with Crippen LogP contribution in [-0.2, 0) is 4.74 Å². The Morgan fingerprint density at radius 3 is 3.16 bits per heavy atom. The van der Waals surface area contributed by atoms with Gasteiger partial charge in [0.05, 0.1) is 24.4 Å². The van der Waals surface area contributed by atoms with E-state index in [0.29, 0.717) is 23.8 Å². The van der Waals surface area contributed by atoms with Crippen LogP contribution in [0.2, 0.25) is 0 Å². The Morgan fingerprint density at radius 2 is 2.26 bits per heavy atom. The van der Waals surface area contributed by atoms with Crippen molar-refractivity contribution < 1.29 is 9.15 Å². The van der Waals surface area contributed by atoms with Gasteiger partial charge in [-0.05, 0) is 31.4 Å². The lowest BCUT2D eigenvalue weighted by atomic mass is 10.1. The van der Waals surface area contributed by atoms with Crippen LogP contribution in [0.4, 0.5) is 11.7 Å². The van der Waals surface area contributed by atoms with E-state index in [1.165, 1.54) is 6.42 Å². The third-order valence-electron chi connectivity index (χ3n) is 4.17. The summed E-state index contributed by atoms with van der Waals surface area (Å²) in [6.45, 7) is 1.59. The third kappa shape index (κ3) is 1.69. The predicted octanol–water partition coefficient (Wildman–Crippen LogP) is 2.17. The van der Waals surface area contributed by atoms with E-state index >= 15 is 0 Å². The van der Waals surface area contributed by atoms with Gasteiger partial charge in [0.15, 0.2) is 5.58 Å². The van der Waals surface area contributed by atoms with Crippen LogP contribution in [0.5, 0.6) is 0 Å². The fourth-order valence-corrected chi connectivity index (χ4v) is 3.24. The van der Waals surface area contributed by atoms with Gasteiger partial charge < -0.3 is 19.8 Å². The van der Waals surface area contributed by atoms with Crippen molar-refractivity contribution in [2.24, 2.45) is 0 Å². The Kier molecular flexibility index (Phi) is 2.41. The SMILES string of the molecule is Nc1cccc2oc(N3CCOC4CCCC43)nc12. The lowest BCUT2D eigenvalue weighted by molar-refractivity contribution is 0.0237. The van der Waals surface area contributed by atoms with Crippen LogP contribution in [0.3, 0.4) is 0 Å². The average molecular weight is 259 g/mol. The molecule has 0 spiro atoms. The van der Waals surface area contributed by atoms with Gasteiger partial charge in [-0.25, -0.2) is 0 Å². The number of oxazole rings is 1. The highest BCUT2D eigenvalue weighted by molar-refractivity contribution is 5.86. The number of nitrogens with two attached hydrogens (primary N) is 1. The molecule has 2 unspecified atom stereocenters. The van der Waals surface area contributed by atoms with E-state index in [9.17, 15) is 0 Å². The van der Waals surface area contributed by atoms with E-state index in [1.54, 1.807) is 0 Å². The second-order valence-electron chi connectivity index (χ2n) is 5.29. The molecule has 5 nitrogen and oxygen atoms in total. The second kappa shape index (κ2) is 4.13. The highest BCUT2D eigenvalue weighted by Crippen LogP contribution is 2.34. The molecule has 1 aliphatic carbocycles. The molecule has 0 radical (unpaired) electrons. The van der Waals surface area contributed by atoms with Gasteiger partial charge in [-0.2, -0.15) is 4.98 Å². The van der Waals surface area contributed by atoms with Crippen molar-refractivity contribution in [3.05, 3.63) is 18.2 Å². The highest BCUT2D eigenvalue weighted by Gasteiger charge is 2.38. The van der Waals surface area contributed by atoms with Crippen molar-refractivity contribution in [3.63, 3.8) is 0 Å². The third-order valence-corrected chi connectivity index (χ3v) is 4.17. The molecular formula is C14H17N3O2. The number of anilines is 2. The van der Waals surface area contributed by atoms with Crippen molar-refractivity contribution in [2.45, 2.75) is 31.4 Å². The first-order valence-corrected chi connectivity index (χ1v) is 6.86. The minimum Gasteiger partial charge on any atom is -0.423 e. The summed E-state index contributed by atoms with van der Waals surface area (Å²) in [5.41, 5.74) is 8.13. The molecule has 19 heavy (non-hydrogen) atoms. The van der Waals surface area contributed by atoms with E-state index in [2.05, 4.69) is 9.88 Å². The molecular weight excluding hydrogens is 242 g/mol. The molecule has 2 aromatic rings. The summed E-state index contributed by atoms with van der Waals surface area (Å²) in [5.74, 6) is 0. The topological polar surface area (TPSA) is 64.5 Å². The van der Waals surface area contributed by atoms with Crippen molar-refractivity contribution in [2.75, 3.05) is 23.8 Å². The summed E-state index contributed by atoms with van der Waals surface area (Å²) in [7, 11) is 0. The van der Waals surface area contributed by atoms with E-state index in [4.69, 9.17) is 14.9 Å². The number of fused-ring (bicyclic) bond motifs is 2. The Labute approximate surface area is 111 Å². The van der Waals surface area contributed by atoms with E-state index in [1.807, 2.05) is 18.2 Å². The largest absolute Gasteiger partial charge is 0.423 e. The zero-order valence-electron chi connectivity index (χ0n) is 10.7. The first-order chi connectivity index (χ1) is 9.33. The molecule has 1 aliphatic heterocycles. The molecule has 4 rings (SSSR count). The van der Waals surface area contributed by atoms with Gasteiger partial charge in [-0.1, -0.05) is 6.07 Å². The molecule has 1 aromatic carbocycles. The molecule has 2 aliphatic rings. The Hall–Kier alpha value is -1.75. The maximum Gasteiger partial charge on any atom is 0.298 e. The number of nitrogen functional groups attached to an aromatic ring is 1. The average Bonchev–Trinajstić information content (AvgIpc) is 3.05. The number of hydrogen-bond acceptors (Lipinski definition) is 5. The highest BCUT2D eigenvalue weighted by atomic mass is 16.5. The molecule has 0 amide bonds. The molecule has 1 aromatic heterocycles. The first kappa shape index (κ1) is 11.1. The first-order valence-electron chi connectivity index (χ1n) is 6.86. The summed E-state index contributed by atoms with van der Waals surface area (Å²) in [6, 6.07) is 6.75. The van der Waals surface area contributed by atoms with Crippen LogP contribution < -0.4 is 10.6 Å². The molecule has 0 bridgehead atoms. The van der Waals surface area contributed by atoms with Crippen molar-refractivity contribution >= 4 is 22.8 Å². The number of aromatic nitrogens is 1. The second-order valence-corrected chi connectivity index (χ2v) is 5.29. The predicted molar refractivity (Wildman–Crippen MR) is 73.1 cm³/mol. The van der Waals surface area contributed by atoms with Crippen LogP contribution in [0.15, 0.2) is 22.6 Å². The van der Waals surface area contributed by atoms with Gasteiger partial charge in [0.1, 0.15) is 5.52 Å². The fraction of sp³-hybridized carbons (Fsp3) is 0.500. The van der Waals surface area contributed by atoms with Gasteiger partial charge in [-0.3, -0.25) is 0 Å². The zero-order valence-corrected chi connectivity index (χ0v) is 10.7. The van der Waals surface area contributed by atoms with Gasteiger partial charge in [0, 0.05) is 6.54 Å². The normalized spacial score (nSPS) is 26.8. The van der Waals surface area contributed by atoms with E-state index in [-0.39, 0.29) is 0 Å². The quantitative estimate of drug-likeness (QED) is 0.795. The molecule has 1 saturated heterocycles. The minimum atomic E-state index is 0.334. The number of para-hydroxylation sites is 1. The number of rotatable bonds is 1. The molecule has 2 N–H and O–H groups in total. The summed E-state index contributed by atoms with van der Waals surface area (Å²) >= 11 is 0. The maximum atomic E-state index is 5.94. The number of morpholine rings is 1. The number of ether oxygens (including phenoxy) is 1. The molecule has 2 atom stereocenters. The van der Waals surface area contributed by atoms with Crippen molar-refractivity contribution in [3.8, 4) is 0 Å². The smallest absolute Gasteiger partial charge is 0.298 e. The van der Waals surface area contributed by atoms with Crippen LogP contribution in [0.25, 0.3) is 11.1 Å². The monoisotopic (exact) mass is 259 g/mol. The Morgan fingerprint density at radius 1 is 1.32 bits per heavy atom. The molecule has 1 saturated carbocycles. The van der Waals surface area contributed by atoms with E-state index < -0.39 is 0 Å². The Bertz CT molecular complexity index is 610. The van der Waals surface area contributed by atoms with E-state index in [0.717, 1.165) is 37.1 Å². The molecule has 2 heterocycles. The Balaban J connectivity index is 1.75. The fourth-order valence-electron chi connectivity index (χ4n) is 3.24. The van der Waals surface area contributed by atoms with Crippen molar-refractivity contribution in [1.29, 1.82) is 0 Å². The van der Waals surface area contributed by atoms with Gasteiger partial charge in [-0.15, -0.1) is 0 Å². The summed E-state index contributed by atoms with van der Waals surface area (Å²) in [6.07, 6.45) is 3.84. The van der Waals surface area contributed by atoms with Gasteiger partial charge in [0.2, 0.25) is 0 Å². The lowest BCUT2D eigenvalue weighted by Gasteiger charge is -2.36. The lowest BCUT2D eigenvalue weighted by Crippen LogP contribution is -2.48. The number of hydrogen-bond donors (Lipinski definition) is 1. The van der Waals surface area contributed by atoms with Gasteiger partial charge in [0.25, 0.3) is 6.01 Å². The molecule has 100 valence electrons. The summed E-state index contributed by atoms with van der Waals surface area (Å²) in [5, 5.41) is 0. The maximum absolute atomic E-state index is 5.94. The molecule has 2 fully saturated rings. The van der Waals surface area contributed by atoms with Crippen LogP contribution in [0, 0.1) is 0 Å². The standard InChI is InChI=1S/C14H17N3O2/c15-9-3-1-6-12-13(9)16-14(19-12)17-7-8-18-11-5-2-4-10(11)17/h1,3,6,10-11H,2,4-5,7-8,15H2. The number of nitrogens with zero attached hydrogens (tertiary/aromatic N) is 2. The number of benzene rings is 1. The van der Waals surface area contributed by atoms with Crippen LogP contribution in [-0.4, -0.2) is 30.3 Å². The van der Waals surface area contributed by atoms with Crippen LogP contribution >= 0.6 is 0 Å². The van der Waals surface area contributed by atoms with Gasteiger partial charge >= 0.3 is 0 Å². The zero-order chi connectivity index (χ0) is 12.8. The van der Waals surface area contributed by atoms with Crippen LogP contribution in [0.1, 0.15) is 19.3 Å².